The second-order valence-corrected chi connectivity index (χ2v) is 5.81. The molecular weight excluding hydrogens is 305 g/mol. The van der Waals surface area contributed by atoms with Gasteiger partial charge in [0.05, 0.1) is 5.02 Å². The SMILES string of the molecule is CNC(c1ccc(Br)c(Cl)c1F)C1CCCC1. The summed E-state index contributed by atoms with van der Waals surface area (Å²) >= 11 is 9.18. The highest BCUT2D eigenvalue weighted by Gasteiger charge is 2.28. The van der Waals surface area contributed by atoms with Gasteiger partial charge < -0.3 is 5.32 Å². The minimum absolute atomic E-state index is 0.0723. The lowest BCUT2D eigenvalue weighted by atomic mass is 9.91. The van der Waals surface area contributed by atoms with Crippen LogP contribution in [0.5, 0.6) is 0 Å². The van der Waals surface area contributed by atoms with Gasteiger partial charge in [-0.25, -0.2) is 4.39 Å². The van der Waals surface area contributed by atoms with E-state index in [4.69, 9.17) is 11.6 Å². The molecule has 0 heterocycles. The Bertz CT molecular complexity index is 405. The van der Waals surface area contributed by atoms with Crippen LogP contribution in [0.2, 0.25) is 5.02 Å². The topological polar surface area (TPSA) is 12.0 Å². The lowest BCUT2D eigenvalue weighted by Gasteiger charge is -2.24. The fourth-order valence-electron chi connectivity index (χ4n) is 2.72. The molecule has 1 saturated carbocycles. The van der Waals surface area contributed by atoms with Crippen LogP contribution < -0.4 is 5.32 Å². The molecule has 1 atom stereocenters. The molecule has 94 valence electrons. The summed E-state index contributed by atoms with van der Waals surface area (Å²) in [4.78, 5) is 0. The van der Waals surface area contributed by atoms with Crippen molar-refractivity contribution in [3.8, 4) is 0 Å². The first-order valence-corrected chi connectivity index (χ1v) is 7.13. The highest BCUT2D eigenvalue weighted by molar-refractivity contribution is 9.10. The van der Waals surface area contributed by atoms with E-state index >= 15 is 0 Å². The van der Waals surface area contributed by atoms with E-state index in [1.807, 2.05) is 19.2 Å². The molecule has 0 aromatic heterocycles. The smallest absolute Gasteiger partial charge is 0.147 e. The van der Waals surface area contributed by atoms with Gasteiger partial charge in [0.1, 0.15) is 5.82 Å². The van der Waals surface area contributed by atoms with E-state index in [1.165, 1.54) is 25.7 Å². The van der Waals surface area contributed by atoms with Crippen molar-refractivity contribution in [3.05, 3.63) is 33.0 Å². The van der Waals surface area contributed by atoms with E-state index < -0.39 is 0 Å². The fraction of sp³-hybridized carbons (Fsp3) is 0.538. The minimum atomic E-state index is -0.299. The molecule has 1 aromatic rings. The van der Waals surface area contributed by atoms with Crippen LogP contribution in [0.15, 0.2) is 16.6 Å². The molecule has 0 aliphatic heterocycles. The number of hydrogen-bond donors (Lipinski definition) is 1. The number of halogens is 3. The van der Waals surface area contributed by atoms with Gasteiger partial charge in [0.2, 0.25) is 0 Å². The molecule has 1 fully saturated rings. The fourth-order valence-corrected chi connectivity index (χ4v) is 3.20. The van der Waals surface area contributed by atoms with Crippen molar-refractivity contribution in [2.75, 3.05) is 7.05 Å². The van der Waals surface area contributed by atoms with E-state index in [0.29, 0.717) is 16.0 Å². The van der Waals surface area contributed by atoms with Gasteiger partial charge in [-0.2, -0.15) is 0 Å². The van der Waals surface area contributed by atoms with Crippen molar-refractivity contribution in [2.45, 2.75) is 31.7 Å². The molecule has 0 saturated heterocycles. The van der Waals surface area contributed by atoms with Crippen molar-refractivity contribution in [3.63, 3.8) is 0 Å². The Kier molecular flexibility index (Phi) is 4.45. The summed E-state index contributed by atoms with van der Waals surface area (Å²) in [5.41, 5.74) is 0.688. The molecule has 1 nitrogen and oxygen atoms in total. The van der Waals surface area contributed by atoms with Crippen molar-refractivity contribution in [1.29, 1.82) is 0 Å². The van der Waals surface area contributed by atoms with Crippen LogP contribution >= 0.6 is 27.5 Å². The van der Waals surface area contributed by atoms with Crippen LogP contribution in [0.1, 0.15) is 37.3 Å². The molecule has 0 amide bonds. The maximum atomic E-state index is 14.2. The van der Waals surface area contributed by atoms with Crippen LogP contribution in [0.4, 0.5) is 4.39 Å². The first-order valence-electron chi connectivity index (χ1n) is 5.95. The Morgan fingerprint density at radius 1 is 1.41 bits per heavy atom. The predicted octanol–water partition coefficient (Wildman–Crippen LogP) is 4.69. The van der Waals surface area contributed by atoms with E-state index in [0.717, 1.165) is 0 Å². The molecule has 1 aliphatic rings. The lowest BCUT2D eigenvalue weighted by Crippen LogP contribution is -2.24. The highest BCUT2D eigenvalue weighted by Crippen LogP contribution is 2.38. The van der Waals surface area contributed by atoms with Crippen molar-refractivity contribution < 1.29 is 4.39 Å². The zero-order chi connectivity index (χ0) is 12.4. The van der Waals surface area contributed by atoms with Crippen LogP contribution in [0, 0.1) is 11.7 Å². The summed E-state index contributed by atoms with van der Waals surface area (Å²) in [7, 11) is 1.89. The number of nitrogens with one attached hydrogen (secondary N) is 1. The summed E-state index contributed by atoms with van der Waals surface area (Å²) in [6, 6.07) is 3.72. The Hall–Kier alpha value is -0.120. The normalized spacial score (nSPS) is 18.6. The molecule has 1 aromatic carbocycles. The van der Waals surface area contributed by atoms with Crippen LogP contribution in [0.3, 0.4) is 0 Å². The average molecular weight is 321 g/mol. The van der Waals surface area contributed by atoms with Gasteiger partial charge in [0.25, 0.3) is 0 Å². The van der Waals surface area contributed by atoms with Crippen molar-refractivity contribution in [2.24, 2.45) is 5.92 Å². The molecule has 2 rings (SSSR count). The average Bonchev–Trinajstić information content (AvgIpc) is 2.84. The number of benzene rings is 1. The quantitative estimate of drug-likeness (QED) is 0.797. The Balaban J connectivity index is 2.33. The van der Waals surface area contributed by atoms with Crippen LogP contribution in [-0.4, -0.2) is 7.05 Å². The molecule has 0 bridgehead atoms. The monoisotopic (exact) mass is 319 g/mol. The van der Waals surface area contributed by atoms with Gasteiger partial charge in [0.15, 0.2) is 0 Å². The zero-order valence-electron chi connectivity index (χ0n) is 9.77. The molecule has 0 spiro atoms. The van der Waals surface area contributed by atoms with Gasteiger partial charge in [-0.1, -0.05) is 30.5 Å². The number of rotatable bonds is 3. The zero-order valence-corrected chi connectivity index (χ0v) is 12.1. The Morgan fingerprint density at radius 2 is 2.06 bits per heavy atom. The third-order valence-electron chi connectivity index (χ3n) is 3.58. The van der Waals surface area contributed by atoms with Gasteiger partial charge in [-0.15, -0.1) is 0 Å². The summed E-state index contributed by atoms with van der Waals surface area (Å²) in [6.07, 6.45) is 4.82. The van der Waals surface area contributed by atoms with Gasteiger partial charge in [0, 0.05) is 16.1 Å². The standard InChI is InChI=1S/C13H16BrClFN/c1-17-13(8-4-2-3-5-8)9-6-7-10(14)11(15)12(9)16/h6-8,13,17H,2-5H2,1H3. The highest BCUT2D eigenvalue weighted by atomic mass is 79.9. The summed E-state index contributed by atoms with van der Waals surface area (Å²) < 4.78 is 14.8. The largest absolute Gasteiger partial charge is 0.313 e. The molecule has 1 N–H and O–H groups in total. The summed E-state index contributed by atoms with van der Waals surface area (Å²) in [6.45, 7) is 0. The minimum Gasteiger partial charge on any atom is -0.313 e. The maximum absolute atomic E-state index is 14.2. The first kappa shape index (κ1) is 13.3. The first-order chi connectivity index (χ1) is 8.15. The van der Waals surface area contributed by atoms with E-state index in [1.54, 1.807) is 0 Å². The third-order valence-corrected chi connectivity index (χ3v) is 4.84. The van der Waals surface area contributed by atoms with E-state index in [2.05, 4.69) is 21.2 Å². The summed E-state index contributed by atoms with van der Waals surface area (Å²) in [5, 5.41) is 3.42. The lowest BCUT2D eigenvalue weighted by molar-refractivity contribution is 0.378. The summed E-state index contributed by atoms with van der Waals surface area (Å²) in [5.74, 6) is 0.221. The van der Waals surface area contributed by atoms with Gasteiger partial charge >= 0.3 is 0 Å². The second-order valence-electron chi connectivity index (χ2n) is 4.58. The second kappa shape index (κ2) is 5.68. The number of hydrogen-bond acceptors (Lipinski definition) is 1. The van der Waals surface area contributed by atoms with Gasteiger partial charge in [-0.05, 0) is 47.8 Å². The molecular formula is C13H16BrClFN. The van der Waals surface area contributed by atoms with Crippen molar-refractivity contribution in [1.82, 2.24) is 5.32 Å². The van der Waals surface area contributed by atoms with Gasteiger partial charge in [-0.3, -0.25) is 0 Å². The third kappa shape index (κ3) is 2.67. The van der Waals surface area contributed by atoms with Crippen LogP contribution in [0.25, 0.3) is 0 Å². The van der Waals surface area contributed by atoms with Crippen LogP contribution in [-0.2, 0) is 0 Å². The maximum Gasteiger partial charge on any atom is 0.147 e. The van der Waals surface area contributed by atoms with E-state index in [9.17, 15) is 4.39 Å². The van der Waals surface area contributed by atoms with E-state index in [-0.39, 0.29) is 16.9 Å². The molecule has 17 heavy (non-hydrogen) atoms. The Morgan fingerprint density at radius 3 is 2.65 bits per heavy atom. The predicted molar refractivity (Wildman–Crippen MR) is 72.9 cm³/mol. The molecule has 0 radical (unpaired) electrons. The van der Waals surface area contributed by atoms with Crippen molar-refractivity contribution >= 4 is 27.5 Å². The Labute approximate surface area is 115 Å². The molecule has 4 heteroatoms. The molecule has 1 aliphatic carbocycles. The molecule has 1 unspecified atom stereocenters.